The Kier molecular flexibility index (Phi) is 2.69. The SMILES string of the molecule is CN1CC(Cc2ncc(-c3ccccc3)o2)C1. The number of nitrogens with zero attached hydrogens (tertiary/aromatic N) is 2. The molecule has 0 unspecified atom stereocenters. The number of benzene rings is 1. The highest BCUT2D eigenvalue weighted by molar-refractivity contribution is 5.55. The molecule has 0 atom stereocenters. The van der Waals surface area contributed by atoms with Crippen molar-refractivity contribution >= 4 is 0 Å². The number of hydrogen-bond acceptors (Lipinski definition) is 3. The average molecular weight is 228 g/mol. The molecule has 1 saturated heterocycles. The zero-order valence-corrected chi connectivity index (χ0v) is 9.97. The summed E-state index contributed by atoms with van der Waals surface area (Å²) in [5.41, 5.74) is 1.09. The van der Waals surface area contributed by atoms with Gasteiger partial charge in [0.15, 0.2) is 11.7 Å². The molecule has 0 N–H and O–H groups in total. The van der Waals surface area contributed by atoms with E-state index in [1.807, 2.05) is 36.5 Å². The smallest absolute Gasteiger partial charge is 0.195 e. The summed E-state index contributed by atoms with van der Waals surface area (Å²) in [5.74, 6) is 2.44. The van der Waals surface area contributed by atoms with Crippen molar-refractivity contribution in [1.82, 2.24) is 9.88 Å². The van der Waals surface area contributed by atoms with Gasteiger partial charge in [0, 0.05) is 25.1 Å². The topological polar surface area (TPSA) is 29.3 Å². The molecule has 3 nitrogen and oxygen atoms in total. The molecule has 2 heterocycles. The highest BCUT2D eigenvalue weighted by Gasteiger charge is 2.25. The first kappa shape index (κ1) is 10.5. The van der Waals surface area contributed by atoms with Crippen LogP contribution in [0.1, 0.15) is 5.89 Å². The number of rotatable bonds is 3. The Morgan fingerprint density at radius 3 is 2.76 bits per heavy atom. The maximum absolute atomic E-state index is 5.78. The van der Waals surface area contributed by atoms with Crippen molar-refractivity contribution in [3.05, 3.63) is 42.4 Å². The van der Waals surface area contributed by atoms with Crippen LogP contribution < -0.4 is 0 Å². The first-order chi connectivity index (χ1) is 8.31. The predicted molar refractivity (Wildman–Crippen MR) is 66.6 cm³/mol. The van der Waals surface area contributed by atoms with Crippen LogP contribution in [0.5, 0.6) is 0 Å². The van der Waals surface area contributed by atoms with Crippen molar-refractivity contribution in [1.29, 1.82) is 0 Å². The normalized spacial score (nSPS) is 17.0. The van der Waals surface area contributed by atoms with Gasteiger partial charge < -0.3 is 9.32 Å². The summed E-state index contributed by atoms with van der Waals surface area (Å²) in [6.45, 7) is 2.31. The van der Waals surface area contributed by atoms with Gasteiger partial charge in [-0.15, -0.1) is 0 Å². The van der Waals surface area contributed by atoms with Crippen molar-refractivity contribution in [2.45, 2.75) is 6.42 Å². The Morgan fingerprint density at radius 2 is 2.06 bits per heavy atom. The standard InChI is InChI=1S/C14H16N2O/c1-16-9-11(10-16)7-14-15-8-13(17-14)12-5-3-2-4-6-12/h2-6,8,11H,7,9-10H2,1H3. The molecule has 0 amide bonds. The lowest BCUT2D eigenvalue weighted by Gasteiger charge is -2.35. The molecule has 3 heteroatoms. The minimum Gasteiger partial charge on any atom is -0.441 e. The monoisotopic (exact) mass is 228 g/mol. The molecule has 0 aliphatic carbocycles. The Morgan fingerprint density at radius 1 is 1.29 bits per heavy atom. The number of hydrogen-bond donors (Lipinski definition) is 0. The van der Waals surface area contributed by atoms with E-state index < -0.39 is 0 Å². The van der Waals surface area contributed by atoms with Gasteiger partial charge in [-0.3, -0.25) is 0 Å². The van der Waals surface area contributed by atoms with Crippen LogP contribution in [0.25, 0.3) is 11.3 Å². The van der Waals surface area contributed by atoms with Crippen molar-refractivity contribution < 1.29 is 4.42 Å². The summed E-state index contributed by atoms with van der Waals surface area (Å²) in [6, 6.07) is 10.1. The van der Waals surface area contributed by atoms with Crippen LogP contribution in [0.15, 0.2) is 40.9 Å². The van der Waals surface area contributed by atoms with E-state index in [4.69, 9.17) is 4.42 Å². The van der Waals surface area contributed by atoms with Crippen molar-refractivity contribution in [3.8, 4) is 11.3 Å². The van der Waals surface area contributed by atoms with Gasteiger partial charge in [-0.1, -0.05) is 30.3 Å². The second-order valence-electron chi connectivity index (χ2n) is 4.78. The van der Waals surface area contributed by atoms with E-state index in [2.05, 4.69) is 16.9 Å². The molecular formula is C14H16N2O. The van der Waals surface area contributed by atoms with Gasteiger partial charge in [-0.2, -0.15) is 0 Å². The average Bonchev–Trinajstić information content (AvgIpc) is 2.77. The van der Waals surface area contributed by atoms with E-state index in [0.717, 1.165) is 36.7 Å². The molecule has 0 spiro atoms. The highest BCUT2D eigenvalue weighted by Crippen LogP contribution is 2.23. The van der Waals surface area contributed by atoms with E-state index in [9.17, 15) is 0 Å². The third-order valence-corrected chi connectivity index (χ3v) is 3.21. The van der Waals surface area contributed by atoms with Gasteiger partial charge in [-0.25, -0.2) is 4.98 Å². The molecular weight excluding hydrogens is 212 g/mol. The molecule has 2 aromatic rings. The van der Waals surface area contributed by atoms with Gasteiger partial charge in [0.25, 0.3) is 0 Å². The van der Waals surface area contributed by atoms with E-state index >= 15 is 0 Å². The van der Waals surface area contributed by atoms with E-state index in [-0.39, 0.29) is 0 Å². The van der Waals surface area contributed by atoms with Gasteiger partial charge in [0.05, 0.1) is 6.20 Å². The molecule has 0 bridgehead atoms. The number of aromatic nitrogens is 1. The van der Waals surface area contributed by atoms with Crippen molar-refractivity contribution in [2.75, 3.05) is 20.1 Å². The fourth-order valence-corrected chi connectivity index (χ4v) is 2.34. The quantitative estimate of drug-likeness (QED) is 0.808. The van der Waals surface area contributed by atoms with Crippen LogP contribution in [0, 0.1) is 5.92 Å². The van der Waals surface area contributed by atoms with E-state index in [1.165, 1.54) is 0 Å². The summed E-state index contributed by atoms with van der Waals surface area (Å²) in [6.07, 6.45) is 2.78. The van der Waals surface area contributed by atoms with E-state index in [0.29, 0.717) is 5.92 Å². The predicted octanol–water partition coefficient (Wildman–Crippen LogP) is 2.45. The number of likely N-dealkylation sites (tertiary alicyclic amines) is 1. The lowest BCUT2D eigenvalue weighted by molar-refractivity contribution is 0.128. The summed E-state index contributed by atoms with van der Waals surface area (Å²) < 4.78 is 5.78. The molecule has 1 aromatic carbocycles. The molecule has 1 aromatic heterocycles. The van der Waals surface area contributed by atoms with Gasteiger partial charge in [-0.05, 0) is 13.0 Å². The molecule has 88 valence electrons. The largest absolute Gasteiger partial charge is 0.441 e. The van der Waals surface area contributed by atoms with Crippen LogP contribution in [0.2, 0.25) is 0 Å². The third-order valence-electron chi connectivity index (χ3n) is 3.21. The first-order valence-corrected chi connectivity index (χ1v) is 6.00. The molecule has 1 aliphatic rings. The molecule has 3 rings (SSSR count). The van der Waals surface area contributed by atoms with Crippen LogP contribution >= 0.6 is 0 Å². The zero-order valence-electron chi connectivity index (χ0n) is 9.97. The van der Waals surface area contributed by atoms with E-state index in [1.54, 1.807) is 0 Å². The molecule has 17 heavy (non-hydrogen) atoms. The van der Waals surface area contributed by atoms with Crippen LogP contribution in [0.4, 0.5) is 0 Å². The second-order valence-corrected chi connectivity index (χ2v) is 4.78. The summed E-state index contributed by atoms with van der Waals surface area (Å²) in [5, 5.41) is 0. The van der Waals surface area contributed by atoms with Crippen molar-refractivity contribution in [2.24, 2.45) is 5.92 Å². The van der Waals surface area contributed by atoms with Crippen LogP contribution in [0.3, 0.4) is 0 Å². The lowest BCUT2D eigenvalue weighted by Crippen LogP contribution is -2.44. The van der Waals surface area contributed by atoms with Crippen molar-refractivity contribution in [3.63, 3.8) is 0 Å². The first-order valence-electron chi connectivity index (χ1n) is 6.00. The maximum atomic E-state index is 5.78. The molecule has 1 aliphatic heterocycles. The Labute approximate surface area is 101 Å². The fraction of sp³-hybridized carbons (Fsp3) is 0.357. The highest BCUT2D eigenvalue weighted by atomic mass is 16.4. The van der Waals surface area contributed by atoms with Crippen LogP contribution in [-0.4, -0.2) is 30.0 Å². The Balaban J connectivity index is 1.70. The minimum atomic E-state index is 0.710. The molecule has 1 fully saturated rings. The fourth-order valence-electron chi connectivity index (χ4n) is 2.34. The summed E-state index contributed by atoms with van der Waals surface area (Å²) >= 11 is 0. The molecule has 0 saturated carbocycles. The maximum Gasteiger partial charge on any atom is 0.195 e. The van der Waals surface area contributed by atoms with Gasteiger partial charge >= 0.3 is 0 Å². The molecule has 0 radical (unpaired) electrons. The Bertz CT molecular complexity index is 486. The zero-order chi connectivity index (χ0) is 11.7. The lowest BCUT2D eigenvalue weighted by atomic mass is 9.97. The minimum absolute atomic E-state index is 0.710. The summed E-state index contributed by atoms with van der Waals surface area (Å²) in [4.78, 5) is 6.67. The summed E-state index contributed by atoms with van der Waals surface area (Å²) in [7, 11) is 2.14. The Hall–Kier alpha value is -1.61. The third kappa shape index (κ3) is 2.24. The second kappa shape index (κ2) is 4.34. The van der Waals surface area contributed by atoms with Gasteiger partial charge in [0.1, 0.15) is 0 Å². The van der Waals surface area contributed by atoms with Gasteiger partial charge in [0.2, 0.25) is 0 Å². The van der Waals surface area contributed by atoms with Crippen LogP contribution in [-0.2, 0) is 6.42 Å². The number of oxazole rings is 1.